The molecule has 4 aromatic rings. The molecule has 0 bridgehead atoms. The van der Waals surface area contributed by atoms with Crippen molar-refractivity contribution in [2.24, 2.45) is 0 Å². The Kier molecular flexibility index (Phi) is 3.28. The van der Waals surface area contributed by atoms with E-state index in [-0.39, 0.29) is 6.61 Å². The lowest BCUT2D eigenvalue weighted by atomic mass is 9.98. The Bertz CT molecular complexity index is 1020. The summed E-state index contributed by atoms with van der Waals surface area (Å²) in [5.74, 6) is 0. The second kappa shape index (κ2) is 5.45. The van der Waals surface area contributed by atoms with Crippen molar-refractivity contribution in [3.8, 4) is 11.3 Å². The maximum atomic E-state index is 9.81. The van der Waals surface area contributed by atoms with Crippen LogP contribution >= 0.6 is 0 Å². The molecular weight excluding hydrogens is 284 g/mol. The van der Waals surface area contributed by atoms with E-state index in [4.69, 9.17) is 4.98 Å². The number of aliphatic hydroxyl groups excluding tert-OH is 1. The van der Waals surface area contributed by atoms with Gasteiger partial charge in [-0.2, -0.15) is 0 Å². The fraction of sp³-hybridized carbons (Fsp3) is 0.100. The molecule has 0 aliphatic heterocycles. The Balaban J connectivity index is 2.06. The van der Waals surface area contributed by atoms with Crippen LogP contribution in [0.25, 0.3) is 32.9 Å². The second-order valence-corrected chi connectivity index (χ2v) is 5.75. The Hall–Kier alpha value is -2.78. The van der Waals surface area contributed by atoms with E-state index in [0.717, 1.165) is 38.5 Å². The van der Waals surface area contributed by atoms with Crippen molar-refractivity contribution in [1.29, 1.82) is 0 Å². The number of aromatic nitrogens is 2. The van der Waals surface area contributed by atoms with E-state index in [2.05, 4.69) is 24.0 Å². The van der Waals surface area contributed by atoms with Gasteiger partial charge in [-0.3, -0.25) is 4.98 Å². The average molecular weight is 300 g/mol. The van der Waals surface area contributed by atoms with E-state index in [1.165, 1.54) is 5.56 Å². The molecule has 0 saturated heterocycles. The van der Waals surface area contributed by atoms with Gasteiger partial charge in [0, 0.05) is 34.3 Å². The molecule has 3 heteroatoms. The van der Waals surface area contributed by atoms with Crippen LogP contribution in [0, 0.1) is 6.92 Å². The van der Waals surface area contributed by atoms with Crippen LogP contribution in [0.1, 0.15) is 11.1 Å². The van der Waals surface area contributed by atoms with Gasteiger partial charge >= 0.3 is 0 Å². The fourth-order valence-corrected chi connectivity index (χ4v) is 3.00. The molecule has 0 aliphatic rings. The molecule has 4 rings (SSSR count). The fourth-order valence-electron chi connectivity index (χ4n) is 3.00. The van der Waals surface area contributed by atoms with Crippen LogP contribution in [-0.4, -0.2) is 15.1 Å². The molecule has 0 unspecified atom stereocenters. The van der Waals surface area contributed by atoms with Crippen molar-refractivity contribution in [2.75, 3.05) is 0 Å². The van der Waals surface area contributed by atoms with Crippen molar-refractivity contribution >= 4 is 21.7 Å². The number of pyridine rings is 2. The molecule has 0 fully saturated rings. The topological polar surface area (TPSA) is 46.0 Å². The van der Waals surface area contributed by atoms with E-state index in [1.807, 2.05) is 42.6 Å². The molecular formula is C20H16N2O. The lowest BCUT2D eigenvalue weighted by molar-refractivity contribution is 0.282. The molecule has 0 saturated carbocycles. The molecule has 2 aromatic heterocycles. The Labute approximate surface area is 134 Å². The summed E-state index contributed by atoms with van der Waals surface area (Å²) in [6.07, 6.45) is 3.64. The minimum absolute atomic E-state index is 0.0341. The lowest BCUT2D eigenvalue weighted by Crippen LogP contribution is -1.96. The smallest absolute Gasteiger partial charge is 0.0771 e. The summed E-state index contributed by atoms with van der Waals surface area (Å²) in [5.41, 5.74) is 4.82. The maximum absolute atomic E-state index is 9.81. The van der Waals surface area contributed by atoms with Gasteiger partial charge < -0.3 is 5.11 Å². The van der Waals surface area contributed by atoms with Crippen LogP contribution in [0.4, 0.5) is 0 Å². The monoisotopic (exact) mass is 300 g/mol. The van der Waals surface area contributed by atoms with Gasteiger partial charge in [-0.15, -0.1) is 0 Å². The van der Waals surface area contributed by atoms with Crippen molar-refractivity contribution in [1.82, 2.24) is 9.97 Å². The summed E-state index contributed by atoms with van der Waals surface area (Å²) in [4.78, 5) is 9.03. The van der Waals surface area contributed by atoms with Crippen LogP contribution in [0.2, 0.25) is 0 Å². The highest BCUT2D eigenvalue weighted by Gasteiger charge is 2.11. The van der Waals surface area contributed by atoms with Crippen molar-refractivity contribution in [3.63, 3.8) is 0 Å². The summed E-state index contributed by atoms with van der Waals surface area (Å²) >= 11 is 0. The summed E-state index contributed by atoms with van der Waals surface area (Å²) in [6.45, 7) is 2.03. The molecule has 0 aliphatic carbocycles. The highest BCUT2D eigenvalue weighted by molar-refractivity contribution is 5.97. The molecule has 0 radical (unpaired) electrons. The van der Waals surface area contributed by atoms with Gasteiger partial charge in [-0.05, 0) is 36.1 Å². The largest absolute Gasteiger partial charge is 0.392 e. The standard InChI is InChI=1S/C20H16N2O/c1-13-5-6-14-10-16(12-23)20(22-19(14)9-13)18-4-2-3-15-11-21-8-7-17(15)18/h2-11,23H,12H2,1H3. The number of hydrogen-bond acceptors (Lipinski definition) is 3. The number of nitrogens with zero attached hydrogens (tertiary/aromatic N) is 2. The summed E-state index contributed by atoms with van der Waals surface area (Å²) in [7, 11) is 0. The predicted octanol–water partition coefficient (Wildman–Crippen LogP) is 4.25. The van der Waals surface area contributed by atoms with E-state index in [1.54, 1.807) is 6.20 Å². The van der Waals surface area contributed by atoms with E-state index >= 15 is 0 Å². The quantitative estimate of drug-likeness (QED) is 0.602. The first-order valence-electron chi connectivity index (χ1n) is 7.60. The summed E-state index contributed by atoms with van der Waals surface area (Å²) < 4.78 is 0. The molecule has 0 spiro atoms. The SMILES string of the molecule is Cc1ccc2cc(CO)c(-c3cccc4cnccc34)nc2c1. The number of benzene rings is 2. The van der Waals surface area contributed by atoms with Gasteiger partial charge in [0.15, 0.2) is 0 Å². The van der Waals surface area contributed by atoms with Crippen LogP contribution in [0.15, 0.2) is 60.9 Å². The highest BCUT2D eigenvalue weighted by Crippen LogP contribution is 2.31. The van der Waals surface area contributed by atoms with Gasteiger partial charge in [-0.1, -0.05) is 30.3 Å². The Morgan fingerprint density at radius 2 is 1.91 bits per heavy atom. The van der Waals surface area contributed by atoms with Crippen LogP contribution < -0.4 is 0 Å². The molecule has 2 heterocycles. The van der Waals surface area contributed by atoms with Crippen molar-refractivity contribution in [2.45, 2.75) is 13.5 Å². The predicted molar refractivity (Wildman–Crippen MR) is 93.1 cm³/mol. The minimum atomic E-state index is -0.0341. The van der Waals surface area contributed by atoms with Crippen LogP contribution in [0.3, 0.4) is 0 Å². The molecule has 3 nitrogen and oxygen atoms in total. The first kappa shape index (κ1) is 13.9. The first-order chi connectivity index (χ1) is 11.3. The van der Waals surface area contributed by atoms with Crippen molar-refractivity contribution in [3.05, 3.63) is 72.1 Å². The van der Waals surface area contributed by atoms with E-state index in [0.29, 0.717) is 0 Å². The summed E-state index contributed by atoms with van der Waals surface area (Å²) in [6, 6.07) is 16.3. The zero-order chi connectivity index (χ0) is 15.8. The van der Waals surface area contributed by atoms with Crippen molar-refractivity contribution < 1.29 is 5.11 Å². The van der Waals surface area contributed by atoms with Gasteiger partial charge in [0.1, 0.15) is 0 Å². The molecule has 23 heavy (non-hydrogen) atoms. The third-order valence-electron chi connectivity index (χ3n) is 4.16. The third-order valence-corrected chi connectivity index (χ3v) is 4.16. The van der Waals surface area contributed by atoms with Gasteiger partial charge in [0.05, 0.1) is 17.8 Å². The molecule has 0 amide bonds. The maximum Gasteiger partial charge on any atom is 0.0771 e. The Morgan fingerprint density at radius 1 is 1.00 bits per heavy atom. The van der Waals surface area contributed by atoms with Gasteiger partial charge in [0.25, 0.3) is 0 Å². The number of fused-ring (bicyclic) bond motifs is 2. The second-order valence-electron chi connectivity index (χ2n) is 5.75. The zero-order valence-electron chi connectivity index (χ0n) is 12.8. The normalized spacial score (nSPS) is 11.2. The molecule has 2 aromatic carbocycles. The minimum Gasteiger partial charge on any atom is -0.392 e. The van der Waals surface area contributed by atoms with Crippen LogP contribution in [-0.2, 0) is 6.61 Å². The first-order valence-corrected chi connectivity index (χ1v) is 7.60. The van der Waals surface area contributed by atoms with Crippen LogP contribution in [0.5, 0.6) is 0 Å². The molecule has 0 atom stereocenters. The highest BCUT2D eigenvalue weighted by atomic mass is 16.3. The number of hydrogen-bond donors (Lipinski definition) is 1. The molecule has 112 valence electrons. The van der Waals surface area contributed by atoms with Gasteiger partial charge in [-0.25, -0.2) is 4.98 Å². The lowest BCUT2D eigenvalue weighted by Gasteiger charge is -2.12. The number of aryl methyl sites for hydroxylation is 1. The van der Waals surface area contributed by atoms with E-state index < -0.39 is 0 Å². The van der Waals surface area contributed by atoms with E-state index in [9.17, 15) is 5.11 Å². The number of aliphatic hydroxyl groups is 1. The Morgan fingerprint density at radius 3 is 2.78 bits per heavy atom. The third kappa shape index (κ3) is 2.35. The van der Waals surface area contributed by atoms with Gasteiger partial charge in [0.2, 0.25) is 0 Å². The molecule has 1 N–H and O–H groups in total. The number of rotatable bonds is 2. The summed E-state index contributed by atoms with van der Waals surface area (Å²) in [5, 5.41) is 13.0. The zero-order valence-corrected chi connectivity index (χ0v) is 12.8. The average Bonchev–Trinajstić information content (AvgIpc) is 2.60.